The van der Waals surface area contributed by atoms with E-state index in [2.05, 4.69) is 21.3 Å². The molecule has 2 aliphatic heterocycles. The normalized spacial score (nSPS) is 23.4. The van der Waals surface area contributed by atoms with Crippen LogP contribution in [0.25, 0.3) is 11.2 Å². The Morgan fingerprint density at radius 1 is 1.03 bits per heavy atom. The van der Waals surface area contributed by atoms with Crippen LogP contribution >= 0.6 is 0 Å². The van der Waals surface area contributed by atoms with Gasteiger partial charge in [0.2, 0.25) is 5.95 Å². The number of aryl methyl sites for hydroxylation is 1. The Bertz CT molecular complexity index is 1060. The first-order valence-corrected chi connectivity index (χ1v) is 11.8. The zero-order valence-corrected chi connectivity index (χ0v) is 18.8. The van der Waals surface area contributed by atoms with E-state index in [0.29, 0.717) is 49.4 Å². The molecule has 0 N–H and O–H groups in total. The topological polar surface area (TPSA) is 77.5 Å². The van der Waals surface area contributed by atoms with Crippen LogP contribution in [0.4, 0.5) is 5.95 Å². The van der Waals surface area contributed by atoms with Gasteiger partial charge in [-0.15, -0.1) is 0 Å². The number of anilines is 1. The van der Waals surface area contributed by atoms with Gasteiger partial charge in [-0.2, -0.15) is 4.98 Å². The molecule has 9 nitrogen and oxygen atoms in total. The molecule has 1 saturated heterocycles. The predicted molar refractivity (Wildman–Crippen MR) is 120 cm³/mol. The molecule has 5 rings (SSSR count). The summed E-state index contributed by atoms with van der Waals surface area (Å²) in [5.74, 6) is 1.31. The fraction of sp³-hybridized carbons (Fsp3) is 0.773. The molecule has 2 aromatic heterocycles. The first kappa shape index (κ1) is 20.8. The molecule has 2 fully saturated rings. The van der Waals surface area contributed by atoms with Gasteiger partial charge in [0.05, 0.1) is 13.2 Å². The molecule has 1 atom stereocenters. The monoisotopic (exact) mass is 430 g/mol. The molecule has 3 aliphatic rings. The van der Waals surface area contributed by atoms with E-state index in [4.69, 9.17) is 9.72 Å². The Hall–Kier alpha value is -2.13. The summed E-state index contributed by atoms with van der Waals surface area (Å²) in [4.78, 5) is 36.1. The Morgan fingerprint density at radius 2 is 1.77 bits per heavy atom. The van der Waals surface area contributed by atoms with Crippen molar-refractivity contribution in [2.45, 2.75) is 58.2 Å². The molecular weight excluding hydrogens is 396 g/mol. The summed E-state index contributed by atoms with van der Waals surface area (Å²) < 4.78 is 10.5. The van der Waals surface area contributed by atoms with Crippen molar-refractivity contribution in [2.75, 3.05) is 44.3 Å². The minimum atomic E-state index is -0.279. The highest BCUT2D eigenvalue weighted by Crippen LogP contribution is 2.32. The summed E-state index contributed by atoms with van der Waals surface area (Å²) in [5.41, 5.74) is 0.607. The lowest BCUT2D eigenvalue weighted by atomic mass is 9.93. The largest absolute Gasteiger partial charge is 0.379 e. The maximum atomic E-state index is 13.5. The smallest absolute Gasteiger partial charge is 0.332 e. The van der Waals surface area contributed by atoms with Gasteiger partial charge < -0.3 is 14.2 Å². The van der Waals surface area contributed by atoms with Gasteiger partial charge in [-0.3, -0.25) is 18.8 Å². The summed E-state index contributed by atoms with van der Waals surface area (Å²) in [7, 11) is 1.74. The number of rotatable bonds is 4. The van der Waals surface area contributed by atoms with E-state index in [9.17, 15) is 9.59 Å². The van der Waals surface area contributed by atoms with Crippen molar-refractivity contribution in [3.05, 3.63) is 20.8 Å². The lowest BCUT2D eigenvalue weighted by molar-refractivity contribution is 0.0361. The first-order chi connectivity index (χ1) is 15.0. The minimum absolute atomic E-state index is 0.206. The molecule has 31 heavy (non-hydrogen) atoms. The van der Waals surface area contributed by atoms with Crippen LogP contribution in [0.5, 0.6) is 0 Å². The molecule has 0 amide bonds. The van der Waals surface area contributed by atoms with E-state index in [1.54, 1.807) is 11.6 Å². The van der Waals surface area contributed by atoms with E-state index < -0.39 is 0 Å². The third-order valence-electron chi connectivity index (χ3n) is 7.23. The molecule has 0 unspecified atom stereocenters. The maximum Gasteiger partial charge on any atom is 0.332 e. The summed E-state index contributed by atoms with van der Waals surface area (Å²) in [5, 5.41) is 0. The van der Waals surface area contributed by atoms with Gasteiger partial charge >= 0.3 is 5.69 Å². The maximum absolute atomic E-state index is 13.5. The molecule has 0 spiro atoms. The highest BCUT2D eigenvalue weighted by molar-refractivity contribution is 5.75. The molecule has 4 heterocycles. The van der Waals surface area contributed by atoms with Gasteiger partial charge in [-0.25, -0.2) is 4.79 Å². The fourth-order valence-corrected chi connectivity index (χ4v) is 5.51. The third-order valence-corrected chi connectivity index (χ3v) is 7.23. The summed E-state index contributed by atoms with van der Waals surface area (Å²) in [6, 6.07) is 0.479. The van der Waals surface area contributed by atoms with Gasteiger partial charge in [-0.1, -0.05) is 26.2 Å². The van der Waals surface area contributed by atoms with Crippen molar-refractivity contribution in [2.24, 2.45) is 13.0 Å². The van der Waals surface area contributed by atoms with E-state index >= 15 is 0 Å². The number of morpholine rings is 1. The van der Waals surface area contributed by atoms with Crippen LogP contribution in [0.1, 0.15) is 39.0 Å². The first-order valence-electron chi connectivity index (χ1n) is 11.8. The number of fused-ring (bicyclic) bond motifs is 3. The van der Waals surface area contributed by atoms with Crippen molar-refractivity contribution in [3.8, 4) is 0 Å². The summed E-state index contributed by atoms with van der Waals surface area (Å²) in [6.07, 6.45) is 6.17. The van der Waals surface area contributed by atoms with Crippen LogP contribution in [-0.4, -0.2) is 69.0 Å². The van der Waals surface area contributed by atoms with Crippen LogP contribution < -0.4 is 16.1 Å². The van der Waals surface area contributed by atoms with Crippen LogP contribution in [0.15, 0.2) is 9.59 Å². The van der Waals surface area contributed by atoms with Crippen LogP contribution in [-0.2, 0) is 24.9 Å². The zero-order chi connectivity index (χ0) is 21.5. The summed E-state index contributed by atoms with van der Waals surface area (Å²) >= 11 is 0. The second-order valence-corrected chi connectivity index (χ2v) is 9.50. The highest BCUT2D eigenvalue weighted by atomic mass is 16.5. The second-order valence-electron chi connectivity index (χ2n) is 9.50. The van der Waals surface area contributed by atoms with E-state index in [0.717, 1.165) is 32.1 Å². The summed E-state index contributed by atoms with van der Waals surface area (Å²) in [6.45, 7) is 8.14. The Morgan fingerprint density at radius 3 is 2.52 bits per heavy atom. The molecule has 2 aromatic rings. The van der Waals surface area contributed by atoms with Gasteiger partial charge in [-0.05, 0) is 18.8 Å². The molecular formula is C22H34N6O3. The molecule has 0 aromatic carbocycles. The molecule has 0 radical (unpaired) electrons. The number of aromatic nitrogens is 4. The minimum Gasteiger partial charge on any atom is -0.379 e. The van der Waals surface area contributed by atoms with Crippen LogP contribution in [0.3, 0.4) is 0 Å². The van der Waals surface area contributed by atoms with Crippen molar-refractivity contribution in [1.29, 1.82) is 0 Å². The van der Waals surface area contributed by atoms with E-state index in [1.807, 2.05) is 0 Å². The highest BCUT2D eigenvalue weighted by Gasteiger charge is 2.33. The third kappa shape index (κ3) is 3.71. The number of imidazole rings is 1. The number of ether oxygens (including phenoxy) is 1. The number of hydrogen-bond donors (Lipinski definition) is 0. The van der Waals surface area contributed by atoms with Crippen molar-refractivity contribution < 1.29 is 4.74 Å². The van der Waals surface area contributed by atoms with Gasteiger partial charge in [0.1, 0.15) is 0 Å². The molecule has 0 bridgehead atoms. The quantitative estimate of drug-likeness (QED) is 0.721. The lowest BCUT2D eigenvalue weighted by Crippen LogP contribution is -2.46. The molecule has 170 valence electrons. The second kappa shape index (κ2) is 8.43. The van der Waals surface area contributed by atoms with Gasteiger partial charge in [0, 0.05) is 52.4 Å². The standard InChI is InChI=1S/C22H34N6O3/c1-16-14-27(17-6-4-3-5-7-17)21-23-19-18(28(21)15-16)20(29)26(22(30)24(19)2)9-8-25-10-12-31-13-11-25/h16-17H,3-15H2,1-2H3/t16-/m0/s1. The Kier molecular flexibility index (Phi) is 5.64. The van der Waals surface area contributed by atoms with Crippen LogP contribution in [0.2, 0.25) is 0 Å². The van der Waals surface area contributed by atoms with Crippen LogP contribution in [0, 0.1) is 5.92 Å². The number of hydrogen-bond acceptors (Lipinski definition) is 6. The Balaban J connectivity index is 1.55. The predicted octanol–water partition coefficient (Wildman–Crippen LogP) is 1.02. The number of nitrogens with zero attached hydrogens (tertiary/aromatic N) is 6. The van der Waals surface area contributed by atoms with E-state index in [-0.39, 0.29) is 11.2 Å². The lowest BCUT2D eigenvalue weighted by Gasteiger charge is -2.40. The fourth-order valence-electron chi connectivity index (χ4n) is 5.51. The average Bonchev–Trinajstić information content (AvgIpc) is 3.18. The van der Waals surface area contributed by atoms with E-state index in [1.165, 1.54) is 36.7 Å². The van der Waals surface area contributed by atoms with Gasteiger partial charge in [0.15, 0.2) is 11.2 Å². The van der Waals surface area contributed by atoms with Crippen molar-refractivity contribution in [3.63, 3.8) is 0 Å². The molecule has 1 saturated carbocycles. The van der Waals surface area contributed by atoms with Crippen molar-refractivity contribution >= 4 is 17.1 Å². The van der Waals surface area contributed by atoms with Crippen molar-refractivity contribution in [1.82, 2.24) is 23.6 Å². The zero-order valence-electron chi connectivity index (χ0n) is 18.8. The van der Waals surface area contributed by atoms with Gasteiger partial charge in [0.25, 0.3) is 5.56 Å². The molecule has 1 aliphatic carbocycles. The SMILES string of the molecule is C[C@H]1CN(C2CCCCC2)c2nc3c(c(=O)n(CCN4CCOCC4)c(=O)n3C)n2C1. The molecule has 9 heteroatoms. The average molecular weight is 431 g/mol. The Labute approximate surface area is 182 Å².